The van der Waals surface area contributed by atoms with Crippen molar-refractivity contribution in [3.05, 3.63) is 58.7 Å². The van der Waals surface area contributed by atoms with Crippen molar-refractivity contribution < 1.29 is 19.8 Å². The Balaban J connectivity index is 2.70. The van der Waals surface area contributed by atoms with E-state index < -0.39 is 11.9 Å². The first kappa shape index (κ1) is 15.5. The number of hydrogen-bond acceptors (Lipinski definition) is 2. The van der Waals surface area contributed by atoms with Crippen molar-refractivity contribution >= 4 is 34.9 Å². The Labute approximate surface area is 128 Å². The highest BCUT2D eigenvalue weighted by Crippen LogP contribution is 2.24. The molecule has 0 spiro atoms. The van der Waals surface area contributed by atoms with Gasteiger partial charge in [0.25, 0.3) is 0 Å². The lowest BCUT2D eigenvalue weighted by atomic mass is 9.98. The van der Waals surface area contributed by atoms with Crippen LogP contribution in [-0.2, 0) is 9.59 Å². The second kappa shape index (κ2) is 6.26. The van der Waals surface area contributed by atoms with E-state index in [9.17, 15) is 9.59 Å². The summed E-state index contributed by atoms with van der Waals surface area (Å²) in [5.74, 6) is -2.00. The van der Waals surface area contributed by atoms with Crippen LogP contribution in [0.2, 0.25) is 0 Å². The Morgan fingerprint density at radius 1 is 0.818 bits per heavy atom. The largest absolute Gasteiger partial charge is 0.478 e. The lowest BCUT2D eigenvalue weighted by Crippen LogP contribution is -1.98. The molecule has 0 amide bonds. The molecule has 0 aliphatic heterocycles. The number of carboxylic acids is 2. The molecule has 112 valence electrons. The van der Waals surface area contributed by atoms with E-state index in [-0.39, 0.29) is 11.1 Å². The highest BCUT2D eigenvalue weighted by atomic mass is 16.4. The van der Waals surface area contributed by atoms with E-state index in [1.165, 1.54) is 13.8 Å². The zero-order valence-electron chi connectivity index (χ0n) is 12.3. The summed E-state index contributed by atoms with van der Waals surface area (Å²) in [7, 11) is 0. The molecule has 22 heavy (non-hydrogen) atoms. The summed E-state index contributed by atoms with van der Waals surface area (Å²) in [6, 6.07) is 11.4. The van der Waals surface area contributed by atoms with Gasteiger partial charge in [-0.05, 0) is 60.0 Å². The fraction of sp³-hybridized carbons (Fsp3) is 0.111. The molecule has 2 N–H and O–H groups in total. The predicted octanol–water partition coefficient (Wildman–Crippen LogP) is 3.82. The fourth-order valence-corrected chi connectivity index (χ4v) is 2.12. The maximum Gasteiger partial charge on any atom is 0.331 e. The van der Waals surface area contributed by atoms with Gasteiger partial charge < -0.3 is 10.2 Å². The number of rotatable bonds is 4. The second-order valence-corrected chi connectivity index (χ2v) is 5.09. The normalized spacial score (nSPS) is 12.5. The molecular weight excluding hydrogens is 280 g/mol. The molecule has 0 heterocycles. The first-order chi connectivity index (χ1) is 10.4. The predicted molar refractivity (Wildman–Crippen MR) is 86.5 cm³/mol. The molecule has 0 bridgehead atoms. The Kier molecular flexibility index (Phi) is 4.41. The SMILES string of the molecule is C/C(=C\c1cc2ccccc2cc1/C=C(\C)C(=O)O)C(=O)O. The van der Waals surface area contributed by atoms with Gasteiger partial charge in [0.05, 0.1) is 0 Å². The van der Waals surface area contributed by atoms with Gasteiger partial charge in [0.1, 0.15) is 0 Å². The van der Waals surface area contributed by atoms with Gasteiger partial charge in [-0.25, -0.2) is 9.59 Å². The average molecular weight is 296 g/mol. The molecule has 0 saturated carbocycles. The molecule has 2 aromatic rings. The van der Waals surface area contributed by atoms with Crippen molar-refractivity contribution in [3.63, 3.8) is 0 Å². The Hall–Kier alpha value is -2.88. The molecule has 4 nitrogen and oxygen atoms in total. The van der Waals surface area contributed by atoms with E-state index in [1.54, 1.807) is 12.2 Å². The topological polar surface area (TPSA) is 74.6 Å². The van der Waals surface area contributed by atoms with Crippen LogP contribution in [0.4, 0.5) is 0 Å². The van der Waals surface area contributed by atoms with E-state index in [1.807, 2.05) is 36.4 Å². The maximum atomic E-state index is 11.0. The van der Waals surface area contributed by atoms with Crippen LogP contribution in [0.5, 0.6) is 0 Å². The van der Waals surface area contributed by atoms with Crippen molar-refractivity contribution in [1.29, 1.82) is 0 Å². The fourth-order valence-electron chi connectivity index (χ4n) is 2.12. The van der Waals surface area contributed by atoms with Crippen molar-refractivity contribution in [2.45, 2.75) is 13.8 Å². The Bertz CT molecular complexity index is 744. The average Bonchev–Trinajstić information content (AvgIpc) is 2.47. The van der Waals surface area contributed by atoms with Crippen molar-refractivity contribution in [2.75, 3.05) is 0 Å². The Morgan fingerprint density at radius 3 is 1.50 bits per heavy atom. The summed E-state index contributed by atoms with van der Waals surface area (Å²) >= 11 is 0. The van der Waals surface area contributed by atoms with Gasteiger partial charge in [0.15, 0.2) is 0 Å². The van der Waals surface area contributed by atoms with Crippen molar-refractivity contribution in [3.8, 4) is 0 Å². The van der Waals surface area contributed by atoms with E-state index >= 15 is 0 Å². The first-order valence-electron chi connectivity index (χ1n) is 6.74. The van der Waals surface area contributed by atoms with E-state index in [4.69, 9.17) is 10.2 Å². The molecule has 0 atom stereocenters. The summed E-state index contributed by atoms with van der Waals surface area (Å²) < 4.78 is 0. The summed E-state index contributed by atoms with van der Waals surface area (Å²) in [6.45, 7) is 3.02. The number of hydrogen-bond donors (Lipinski definition) is 2. The molecule has 0 unspecified atom stereocenters. The van der Waals surface area contributed by atoms with Gasteiger partial charge >= 0.3 is 11.9 Å². The van der Waals surface area contributed by atoms with Gasteiger partial charge in [-0.15, -0.1) is 0 Å². The molecule has 4 heteroatoms. The summed E-state index contributed by atoms with van der Waals surface area (Å²) in [5, 5.41) is 20.0. The smallest absolute Gasteiger partial charge is 0.331 e. The maximum absolute atomic E-state index is 11.0. The molecule has 0 saturated heterocycles. The summed E-state index contributed by atoms with van der Waals surface area (Å²) in [4.78, 5) is 22.1. The first-order valence-corrected chi connectivity index (χ1v) is 6.74. The quantitative estimate of drug-likeness (QED) is 0.841. The number of aliphatic carboxylic acids is 2. The van der Waals surface area contributed by atoms with Gasteiger partial charge in [-0.2, -0.15) is 0 Å². The highest BCUT2D eigenvalue weighted by molar-refractivity contribution is 5.97. The molecule has 2 rings (SSSR count). The minimum atomic E-state index is -1.00. The van der Waals surface area contributed by atoms with Crippen LogP contribution in [-0.4, -0.2) is 22.2 Å². The summed E-state index contributed by atoms with van der Waals surface area (Å²) in [5.41, 5.74) is 1.74. The number of carbonyl (C=O) groups is 2. The number of benzene rings is 2. The molecule has 0 aromatic heterocycles. The van der Waals surface area contributed by atoms with E-state index in [0.29, 0.717) is 11.1 Å². The van der Waals surface area contributed by atoms with Crippen LogP contribution >= 0.6 is 0 Å². The molecular formula is C18H16O4. The molecule has 0 radical (unpaired) electrons. The van der Waals surface area contributed by atoms with Gasteiger partial charge in [0.2, 0.25) is 0 Å². The molecule has 0 fully saturated rings. The number of fused-ring (bicyclic) bond motifs is 1. The Morgan fingerprint density at radius 2 is 1.18 bits per heavy atom. The summed E-state index contributed by atoms with van der Waals surface area (Å²) in [6.07, 6.45) is 3.10. The third-order valence-corrected chi connectivity index (χ3v) is 3.37. The highest BCUT2D eigenvalue weighted by Gasteiger charge is 2.07. The van der Waals surface area contributed by atoms with Gasteiger partial charge in [-0.3, -0.25) is 0 Å². The third kappa shape index (κ3) is 3.41. The molecule has 2 aromatic carbocycles. The second-order valence-electron chi connectivity index (χ2n) is 5.09. The van der Waals surface area contributed by atoms with Gasteiger partial charge in [0, 0.05) is 11.1 Å². The van der Waals surface area contributed by atoms with Crippen molar-refractivity contribution in [2.24, 2.45) is 0 Å². The van der Waals surface area contributed by atoms with Crippen LogP contribution in [0.15, 0.2) is 47.5 Å². The van der Waals surface area contributed by atoms with Crippen LogP contribution in [0.25, 0.3) is 22.9 Å². The van der Waals surface area contributed by atoms with Crippen LogP contribution in [0, 0.1) is 0 Å². The lowest BCUT2D eigenvalue weighted by molar-refractivity contribution is -0.133. The zero-order valence-corrected chi connectivity index (χ0v) is 12.3. The van der Waals surface area contributed by atoms with Gasteiger partial charge in [-0.1, -0.05) is 24.3 Å². The molecule has 0 aliphatic rings. The van der Waals surface area contributed by atoms with Crippen molar-refractivity contribution in [1.82, 2.24) is 0 Å². The minimum Gasteiger partial charge on any atom is -0.478 e. The van der Waals surface area contributed by atoms with E-state index in [2.05, 4.69) is 0 Å². The lowest BCUT2D eigenvalue weighted by Gasteiger charge is -2.07. The minimum absolute atomic E-state index is 0.193. The monoisotopic (exact) mass is 296 g/mol. The molecule has 0 aliphatic carbocycles. The van der Waals surface area contributed by atoms with E-state index in [0.717, 1.165) is 10.8 Å². The zero-order chi connectivity index (χ0) is 16.3. The van der Waals surface area contributed by atoms with Crippen LogP contribution < -0.4 is 0 Å². The van der Waals surface area contributed by atoms with Crippen LogP contribution in [0.3, 0.4) is 0 Å². The third-order valence-electron chi connectivity index (χ3n) is 3.37. The van der Waals surface area contributed by atoms with Crippen LogP contribution in [0.1, 0.15) is 25.0 Å². The standard InChI is InChI=1S/C18H16O4/c1-11(17(19)20)7-15-9-13-5-3-4-6-14(13)10-16(15)8-12(2)18(21)22/h3-10H,1-2H3,(H,19,20)(H,21,22)/b11-7+,12-8+. The number of carboxylic acid groups (broad SMARTS) is 2.